The minimum absolute atomic E-state index is 0.0526. The number of hydroxylamine groups is 2. The average molecular weight is 597 g/mol. The van der Waals surface area contributed by atoms with Crippen molar-refractivity contribution in [3.8, 4) is 5.75 Å². The molecule has 13 heteroatoms. The van der Waals surface area contributed by atoms with Crippen molar-refractivity contribution in [2.24, 2.45) is 7.05 Å². The molecule has 0 aliphatic carbocycles. The van der Waals surface area contributed by atoms with Crippen molar-refractivity contribution in [1.29, 1.82) is 0 Å². The Labute approximate surface area is 239 Å². The first-order chi connectivity index (χ1) is 19.6. The number of rotatable bonds is 9. The summed E-state index contributed by atoms with van der Waals surface area (Å²) in [5.41, 5.74) is 1.10. The highest BCUT2D eigenvalue weighted by Gasteiger charge is 2.35. The van der Waals surface area contributed by atoms with E-state index in [1.165, 1.54) is 30.6 Å². The summed E-state index contributed by atoms with van der Waals surface area (Å²) in [4.78, 5) is 55.7. The zero-order valence-corrected chi connectivity index (χ0v) is 23.9. The van der Waals surface area contributed by atoms with Crippen molar-refractivity contribution in [2.75, 3.05) is 17.2 Å². The zero-order chi connectivity index (χ0) is 29.3. The van der Waals surface area contributed by atoms with Crippen molar-refractivity contribution in [3.63, 3.8) is 0 Å². The number of nitrogens with zero attached hydrogens (tertiary/aromatic N) is 3. The number of amides is 3. The van der Waals surface area contributed by atoms with E-state index in [1.54, 1.807) is 30.3 Å². The van der Waals surface area contributed by atoms with Crippen LogP contribution in [0.2, 0.25) is 0 Å². The van der Waals surface area contributed by atoms with Gasteiger partial charge in [0.1, 0.15) is 12.8 Å². The number of para-hydroxylation sites is 1. The smallest absolute Gasteiger partial charge is 0.333 e. The monoisotopic (exact) mass is 596 g/mol. The number of hydrogen-bond acceptors (Lipinski definition) is 9. The molecule has 212 valence electrons. The number of anilines is 1. The highest BCUT2D eigenvalue weighted by Crippen LogP contribution is 2.32. The Balaban J connectivity index is 1.49. The van der Waals surface area contributed by atoms with Crippen LogP contribution in [0.5, 0.6) is 5.75 Å². The third-order valence-corrected chi connectivity index (χ3v) is 9.45. The predicted octanol–water partition coefficient (Wildman–Crippen LogP) is 3.25. The molecule has 11 nitrogen and oxygen atoms in total. The molecule has 41 heavy (non-hydrogen) atoms. The van der Waals surface area contributed by atoms with Crippen LogP contribution in [0.3, 0.4) is 0 Å². The second-order valence-electron chi connectivity index (χ2n) is 9.32. The number of thiophene rings is 1. The van der Waals surface area contributed by atoms with Gasteiger partial charge in [-0.3, -0.25) is 14.4 Å². The van der Waals surface area contributed by atoms with Gasteiger partial charge in [0.15, 0.2) is 0 Å². The van der Waals surface area contributed by atoms with E-state index < -0.39 is 39.5 Å². The maximum absolute atomic E-state index is 14.3. The number of ether oxygens (including phenoxy) is 1. The third kappa shape index (κ3) is 5.37. The van der Waals surface area contributed by atoms with Gasteiger partial charge >= 0.3 is 5.97 Å². The van der Waals surface area contributed by atoms with E-state index in [0.29, 0.717) is 21.6 Å². The van der Waals surface area contributed by atoms with Gasteiger partial charge in [0.05, 0.1) is 34.9 Å². The SMILES string of the molecule is COc1ccc(N(C(=O)c2c3ccccc3[n+](C)c3sccc23)S(=O)(=O)CCCC(=O)ON2C(=O)CCC2=O)cc1. The van der Waals surface area contributed by atoms with Gasteiger partial charge in [-0.2, -0.15) is 4.57 Å². The number of hydrogen-bond donors (Lipinski definition) is 0. The van der Waals surface area contributed by atoms with Crippen LogP contribution in [0.4, 0.5) is 5.69 Å². The quantitative estimate of drug-likeness (QED) is 0.213. The van der Waals surface area contributed by atoms with Gasteiger partial charge in [-0.25, -0.2) is 17.5 Å². The molecule has 0 unspecified atom stereocenters. The molecule has 0 radical (unpaired) electrons. The summed E-state index contributed by atoms with van der Waals surface area (Å²) >= 11 is 1.43. The summed E-state index contributed by atoms with van der Waals surface area (Å²) in [7, 11) is -0.976. The minimum atomic E-state index is -4.33. The first-order valence-electron chi connectivity index (χ1n) is 12.7. The molecule has 2 aromatic heterocycles. The lowest BCUT2D eigenvalue weighted by Gasteiger charge is -2.23. The Bertz CT molecular complexity index is 1780. The topological polar surface area (TPSA) is 131 Å². The number of aromatic nitrogens is 1. The normalized spacial score (nSPS) is 13.7. The Morgan fingerprint density at radius 3 is 2.37 bits per heavy atom. The van der Waals surface area contributed by atoms with Crippen LogP contribution >= 0.6 is 11.3 Å². The Hall–Kier alpha value is -4.36. The van der Waals surface area contributed by atoms with Gasteiger partial charge in [-0.05, 0) is 48.2 Å². The lowest BCUT2D eigenvalue weighted by molar-refractivity contribution is -0.615. The molecule has 1 aliphatic rings. The number of aryl methyl sites for hydroxylation is 1. The van der Waals surface area contributed by atoms with Crippen molar-refractivity contribution >= 4 is 71.9 Å². The van der Waals surface area contributed by atoms with Crippen LogP contribution in [-0.2, 0) is 36.3 Å². The molecule has 1 aliphatic heterocycles. The molecule has 1 saturated heterocycles. The molecule has 2 aromatic carbocycles. The zero-order valence-electron chi connectivity index (χ0n) is 22.2. The minimum Gasteiger partial charge on any atom is -0.497 e. The molecule has 0 saturated carbocycles. The van der Waals surface area contributed by atoms with E-state index >= 15 is 0 Å². The molecule has 0 atom stereocenters. The largest absolute Gasteiger partial charge is 0.497 e. The van der Waals surface area contributed by atoms with E-state index in [9.17, 15) is 27.6 Å². The second kappa shape index (κ2) is 11.3. The highest BCUT2D eigenvalue weighted by atomic mass is 32.2. The number of carbonyl (C=O) groups excluding carboxylic acids is 4. The highest BCUT2D eigenvalue weighted by molar-refractivity contribution is 7.93. The maximum atomic E-state index is 14.3. The van der Waals surface area contributed by atoms with Gasteiger partial charge in [-0.15, -0.1) is 5.06 Å². The van der Waals surface area contributed by atoms with Gasteiger partial charge in [0.25, 0.3) is 22.6 Å². The van der Waals surface area contributed by atoms with Crippen LogP contribution in [0.15, 0.2) is 60.0 Å². The summed E-state index contributed by atoms with van der Waals surface area (Å²) in [5, 5.41) is 3.45. The first-order valence-corrected chi connectivity index (χ1v) is 15.2. The average Bonchev–Trinajstić information content (AvgIpc) is 3.56. The summed E-state index contributed by atoms with van der Waals surface area (Å²) in [6.07, 6.45) is -0.707. The number of methoxy groups -OCH3 is 1. The lowest BCUT2D eigenvalue weighted by atomic mass is 10.0. The second-order valence-corrected chi connectivity index (χ2v) is 12.2. The molecular weight excluding hydrogens is 570 g/mol. The number of sulfonamides is 1. The maximum Gasteiger partial charge on any atom is 0.333 e. The van der Waals surface area contributed by atoms with Crippen molar-refractivity contribution < 1.29 is 41.7 Å². The van der Waals surface area contributed by atoms with E-state index in [0.717, 1.165) is 14.7 Å². The van der Waals surface area contributed by atoms with E-state index in [4.69, 9.17) is 9.57 Å². The van der Waals surface area contributed by atoms with E-state index in [-0.39, 0.29) is 36.9 Å². The summed E-state index contributed by atoms with van der Waals surface area (Å²) in [6.45, 7) is 0. The Kier molecular flexibility index (Phi) is 7.74. The number of benzene rings is 2. The molecule has 0 N–H and O–H groups in total. The van der Waals surface area contributed by atoms with Crippen molar-refractivity contribution in [1.82, 2.24) is 5.06 Å². The molecule has 3 heterocycles. The molecule has 0 spiro atoms. The van der Waals surface area contributed by atoms with Crippen LogP contribution < -0.4 is 13.6 Å². The van der Waals surface area contributed by atoms with Crippen LogP contribution in [0, 0.1) is 0 Å². The molecule has 3 amide bonds. The van der Waals surface area contributed by atoms with Crippen LogP contribution in [0.25, 0.3) is 21.1 Å². The standard InChI is InChI=1S/C28H26N3O8S2/c1-29-22-7-4-3-6-20(22)26(21-15-16-40-28(21)29)27(35)31(18-9-11-19(38-2)12-10-18)41(36,37)17-5-8-25(34)39-30-23(32)13-14-24(30)33/h3-4,6-7,9-12,15-16H,5,8,13-14,17H2,1-2H3/q+1. The van der Waals surface area contributed by atoms with Gasteiger partial charge in [-0.1, -0.05) is 23.5 Å². The Morgan fingerprint density at radius 2 is 1.68 bits per heavy atom. The van der Waals surface area contributed by atoms with Gasteiger partial charge in [0, 0.05) is 25.3 Å². The number of pyridine rings is 1. The lowest BCUT2D eigenvalue weighted by Crippen LogP contribution is -2.40. The van der Waals surface area contributed by atoms with Crippen molar-refractivity contribution in [3.05, 3.63) is 65.5 Å². The van der Waals surface area contributed by atoms with Crippen molar-refractivity contribution in [2.45, 2.75) is 25.7 Å². The first kappa shape index (κ1) is 28.2. The van der Waals surface area contributed by atoms with E-state index in [1.807, 2.05) is 29.1 Å². The van der Waals surface area contributed by atoms with Crippen LogP contribution in [-0.4, -0.2) is 50.0 Å². The summed E-state index contributed by atoms with van der Waals surface area (Å²) < 4.78 is 35.5. The predicted molar refractivity (Wildman–Crippen MR) is 151 cm³/mol. The summed E-state index contributed by atoms with van der Waals surface area (Å²) in [6, 6.07) is 15.1. The van der Waals surface area contributed by atoms with Gasteiger partial charge in [0.2, 0.25) is 15.5 Å². The van der Waals surface area contributed by atoms with Crippen LogP contribution in [0.1, 0.15) is 36.0 Å². The fourth-order valence-corrected chi connectivity index (χ4v) is 7.10. The molecule has 4 aromatic rings. The van der Waals surface area contributed by atoms with E-state index in [2.05, 4.69) is 0 Å². The number of fused-ring (bicyclic) bond motifs is 2. The summed E-state index contributed by atoms with van der Waals surface area (Å²) in [5.74, 6) is -3.03. The Morgan fingerprint density at radius 1 is 1.00 bits per heavy atom. The fourth-order valence-electron chi connectivity index (χ4n) is 4.73. The molecular formula is C28H26N3O8S2+. The third-order valence-electron chi connectivity index (χ3n) is 6.72. The van der Waals surface area contributed by atoms with Gasteiger partial charge < -0.3 is 9.57 Å². The number of imide groups is 1. The number of carbonyl (C=O) groups is 4. The fraction of sp³-hybridized carbons (Fsp3) is 0.250. The molecule has 1 fully saturated rings. The molecule has 5 rings (SSSR count). The molecule has 0 bridgehead atoms.